The van der Waals surface area contributed by atoms with E-state index in [1.807, 2.05) is 56.3 Å². The molecule has 1 aliphatic rings. The van der Waals surface area contributed by atoms with Gasteiger partial charge in [-0.15, -0.1) is 0 Å². The van der Waals surface area contributed by atoms with E-state index in [1.165, 1.54) is 0 Å². The Bertz CT molecular complexity index is 1200. The first kappa shape index (κ1) is 21.6. The molecule has 1 atom stereocenters. The second-order valence-electron chi connectivity index (χ2n) is 8.05. The van der Waals surface area contributed by atoms with Crippen molar-refractivity contribution in [3.8, 4) is 5.75 Å². The van der Waals surface area contributed by atoms with Crippen LogP contribution in [0.2, 0.25) is 0 Å². The van der Waals surface area contributed by atoms with E-state index < -0.39 is 5.97 Å². The van der Waals surface area contributed by atoms with E-state index in [0.29, 0.717) is 17.5 Å². The van der Waals surface area contributed by atoms with Crippen molar-refractivity contribution in [1.29, 1.82) is 0 Å². The van der Waals surface area contributed by atoms with E-state index in [4.69, 9.17) is 9.72 Å². The van der Waals surface area contributed by atoms with E-state index in [9.17, 15) is 14.7 Å². The molecule has 0 spiro atoms. The van der Waals surface area contributed by atoms with Gasteiger partial charge in [0.25, 0.3) is 5.91 Å². The zero-order chi connectivity index (χ0) is 22.7. The second kappa shape index (κ2) is 9.22. The summed E-state index contributed by atoms with van der Waals surface area (Å²) in [5.74, 6) is -0.605. The van der Waals surface area contributed by atoms with Crippen LogP contribution in [0.4, 0.5) is 0 Å². The van der Waals surface area contributed by atoms with Crippen LogP contribution in [0.5, 0.6) is 5.75 Å². The van der Waals surface area contributed by atoms with Gasteiger partial charge in [-0.1, -0.05) is 37.3 Å². The fourth-order valence-electron chi connectivity index (χ4n) is 3.91. The quantitative estimate of drug-likeness (QED) is 0.562. The van der Waals surface area contributed by atoms with Crippen LogP contribution in [-0.4, -0.2) is 34.6 Å². The number of ether oxygens (including phenoxy) is 1. The Morgan fingerprint density at radius 2 is 1.91 bits per heavy atom. The Hall–Kier alpha value is -3.67. The summed E-state index contributed by atoms with van der Waals surface area (Å²) in [4.78, 5) is 30.0. The number of allylic oxidation sites excluding steroid dienone is 1. The third-order valence-corrected chi connectivity index (χ3v) is 5.73. The SMILES string of the molecule is CCC(C)NC(=O)COC(=O)c1c2c(nc3ccccc13)/C(=C/c1ccc(O)cc1)CC2. The summed E-state index contributed by atoms with van der Waals surface area (Å²) in [5.41, 5.74) is 4.80. The molecule has 1 aromatic heterocycles. The maximum atomic E-state index is 13.1. The molecule has 2 aromatic carbocycles. The lowest BCUT2D eigenvalue weighted by Gasteiger charge is -2.14. The van der Waals surface area contributed by atoms with Crippen LogP contribution in [0.1, 0.15) is 53.9 Å². The van der Waals surface area contributed by atoms with Crippen molar-refractivity contribution in [3.63, 3.8) is 0 Å². The van der Waals surface area contributed by atoms with Gasteiger partial charge in [0.15, 0.2) is 6.61 Å². The molecular formula is C26H26N2O4. The minimum absolute atomic E-state index is 0.0276. The highest BCUT2D eigenvalue weighted by Gasteiger charge is 2.28. The van der Waals surface area contributed by atoms with Crippen LogP contribution in [0.3, 0.4) is 0 Å². The van der Waals surface area contributed by atoms with Crippen molar-refractivity contribution in [1.82, 2.24) is 10.3 Å². The molecule has 164 valence electrons. The van der Waals surface area contributed by atoms with Crippen molar-refractivity contribution in [2.24, 2.45) is 0 Å². The number of carbonyl (C=O) groups is 2. The summed E-state index contributed by atoms with van der Waals surface area (Å²) in [7, 11) is 0. The molecule has 6 nitrogen and oxygen atoms in total. The lowest BCUT2D eigenvalue weighted by molar-refractivity contribution is -0.124. The molecule has 0 aliphatic heterocycles. The smallest absolute Gasteiger partial charge is 0.339 e. The minimum Gasteiger partial charge on any atom is -0.508 e. The number of aromatic nitrogens is 1. The van der Waals surface area contributed by atoms with Crippen molar-refractivity contribution < 1.29 is 19.4 Å². The molecule has 6 heteroatoms. The van der Waals surface area contributed by atoms with Crippen molar-refractivity contribution in [2.75, 3.05) is 6.61 Å². The van der Waals surface area contributed by atoms with Crippen molar-refractivity contribution in [2.45, 2.75) is 39.2 Å². The van der Waals surface area contributed by atoms with Gasteiger partial charge in [0, 0.05) is 11.4 Å². The molecule has 0 saturated heterocycles. The molecule has 32 heavy (non-hydrogen) atoms. The van der Waals surface area contributed by atoms with E-state index in [-0.39, 0.29) is 24.3 Å². The third kappa shape index (κ3) is 4.49. The average Bonchev–Trinajstić information content (AvgIpc) is 3.19. The van der Waals surface area contributed by atoms with E-state index in [0.717, 1.165) is 40.6 Å². The van der Waals surface area contributed by atoms with Crippen molar-refractivity contribution >= 4 is 34.4 Å². The topological polar surface area (TPSA) is 88.5 Å². The average molecular weight is 431 g/mol. The number of phenols is 1. The Balaban J connectivity index is 1.68. The summed E-state index contributed by atoms with van der Waals surface area (Å²) in [6.45, 7) is 3.57. The van der Waals surface area contributed by atoms with Gasteiger partial charge in [-0.2, -0.15) is 0 Å². The summed E-state index contributed by atoms with van der Waals surface area (Å²) in [6, 6.07) is 14.5. The molecule has 2 N–H and O–H groups in total. The van der Waals surface area contributed by atoms with E-state index in [2.05, 4.69) is 5.32 Å². The lowest BCUT2D eigenvalue weighted by Crippen LogP contribution is -2.35. The molecule has 0 saturated carbocycles. The lowest BCUT2D eigenvalue weighted by atomic mass is 10.0. The fraction of sp³-hybridized carbons (Fsp3) is 0.269. The number of para-hydroxylation sites is 1. The number of nitrogens with zero attached hydrogens (tertiary/aromatic N) is 1. The summed E-state index contributed by atoms with van der Waals surface area (Å²) in [6.07, 6.45) is 4.25. The van der Waals surface area contributed by atoms with Gasteiger partial charge in [-0.05, 0) is 67.2 Å². The maximum absolute atomic E-state index is 13.1. The van der Waals surface area contributed by atoms with Crippen LogP contribution >= 0.6 is 0 Å². The summed E-state index contributed by atoms with van der Waals surface area (Å²) in [5, 5.41) is 13.1. The number of hydrogen-bond donors (Lipinski definition) is 2. The van der Waals surface area contributed by atoms with Gasteiger partial charge in [0.1, 0.15) is 5.75 Å². The molecular weight excluding hydrogens is 404 g/mol. The highest BCUT2D eigenvalue weighted by molar-refractivity contribution is 6.07. The van der Waals surface area contributed by atoms with Gasteiger partial charge >= 0.3 is 5.97 Å². The van der Waals surface area contributed by atoms with E-state index >= 15 is 0 Å². The molecule has 0 bridgehead atoms. The van der Waals surface area contributed by atoms with Gasteiger partial charge in [0.2, 0.25) is 0 Å². The predicted molar refractivity (Wildman–Crippen MR) is 124 cm³/mol. The van der Waals surface area contributed by atoms with Gasteiger partial charge in [0.05, 0.1) is 16.8 Å². The Kier molecular flexibility index (Phi) is 6.21. The highest BCUT2D eigenvalue weighted by atomic mass is 16.5. The normalized spacial score (nSPS) is 14.9. The summed E-state index contributed by atoms with van der Waals surface area (Å²) >= 11 is 0. The standard InChI is InChI=1S/C26H26N2O4/c1-3-16(2)27-23(30)15-32-26(31)24-20-6-4-5-7-22(20)28-25-18(10-13-21(24)25)14-17-8-11-19(29)12-9-17/h4-9,11-12,14,16,29H,3,10,13,15H2,1-2H3,(H,27,30)/b18-14+. The largest absolute Gasteiger partial charge is 0.508 e. The fourth-order valence-corrected chi connectivity index (χ4v) is 3.91. The molecule has 3 aromatic rings. The van der Waals surface area contributed by atoms with Crippen LogP contribution in [0, 0.1) is 0 Å². The number of esters is 1. The molecule has 1 aliphatic carbocycles. The number of amides is 1. The number of hydrogen-bond acceptors (Lipinski definition) is 5. The van der Waals surface area contributed by atoms with Crippen LogP contribution in [0.25, 0.3) is 22.6 Å². The number of carbonyl (C=O) groups excluding carboxylic acids is 2. The Morgan fingerprint density at radius 3 is 2.66 bits per heavy atom. The number of nitrogens with one attached hydrogen (secondary N) is 1. The Labute approximate surface area is 186 Å². The zero-order valence-electron chi connectivity index (χ0n) is 18.2. The molecule has 1 heterocycles. The molecule has 4 rings (SSSR count). The number of benzene rings is 2. The molecule has 0 fully saturated rings. The number of pyridine rings is 1. The zero-order valence-corrected chi connectivity index (χ0v) is 18.2. The number of rotatable bonds is 6. The first-order valence-electron chi connectivity index (χ1n) is 10.8. The van der Waals surface area contributed by atoms with Crippen molar-refractivity contribution in [3.05, 3.63) is 70.9 Å². The second-order valence-corrected chi connectivity index (χ2v) is 8.05. The number of fused-ring (bicyclic) bond motifs is 2. The monoisotopic (exact) mass is 430 g/mol. The van der Waals surface area contributed by atoms with Crippen LogP contribution < -0.4 is 5.32 Å². The van der Waals surface area contributed by atoms with Gasteiger partial charge < -0.3 is 15.2 Å². The van der Waals surface area contributed by atoms with Gasteiger partial charge in [-0.25, -0.2) is 9.78 Å². The predicted octanol–water partition coefficient (Wildman–Crippen LogP) is 4.50. The molecule has 1 amide bonds. The Morgan fingerprint density at radius 1 is 1.16 bits per heavy atom. The minimum atomic E-state index is -0.509. The molecule has 0 radical (unpaired) electrons. The van der Waals surface area contributed by atoms with Crippen LogP contribution in [-0.2, 0) is 16.0 Å². The third-order valence-electron chi connectivity index (χ3n) is 5.73. The van der Waals surface area contributed by atoms with Crippen LogP contribution in [0.15, 0.2) is 48.5 Å². The first-order valence-corrected chi connectivity index (χ1v) is 10.8. The maximum Gasteiger partial charge on any atom is 0.339 e. The highest BCUT2D eigenvalue weighted by Crippen LogP contribution is 2.37. The number of phenolic OH excluding ortho intramolecular Hbond substituents is 1. The van der Waals surface area contributed by atoms with E-state index in [1.54, 1.807) is 12.1 Å². The summed E-state index contributed by atoms with van der Waals surface area (Å²) < 4.78 is 5.41. The molecule has 1 unspecified atom stereocenters. The van der Waals surface area contributed by atoms with Gasteiger partial charge in [-0.3, -0.25) is 4.79 Å². The first-order chi connectivity index (χ1) is 15.5. The number of aromatic hydroxyl groups is 1.